The molecule has 2 aromatic carbocycles. The van der Waals surface area contributed by atoms with Gasteiger partial charge in [-0.2, -0.15) is 10.1 Å². The Bertz CT molecular complexity index is 1150. The first-order chi connectivity index (χ1) is 14.0. The third-order valence-electron chi connectivity index (χ3n) is 4.49. The van der Waals surface area contributed by atoms with Crippen LogP contribution in [-0.4, -0.2) is 25.8 Å². The van der Waals surface area contributed by atoms with E-state index in [0.717, 1.165) is 16.9 Å². The van der Waals surface area contributed by atoms with E-state index in [2.05, 4.69) is 20.6 Å². The van der Waals surface area contributed by atoms with Crippen molar-refractivity contribution in [3.8, 4) is 17.1 Å². The molecule has 7 nitrogen and oxygen atoms in total. The Kier molecular flexibility index (Phi) is 5.14. The molecule has 0 bridgehead atoms. The Morgan fingerprint density at radius 2 is 1.83 bits per heavy atom. The molecular weight excluding hydrogens is 390 g/mol. The van der Waals surface area contributed by atoms with Crippen LogP contribution < -0.4 is 5.32 Å². The van der Waals surface area contributed by atoms with Gasteiger partial charge in [0, 0.05) is 10.6 Å². The second kappa shape index (κ2) is 7.89. The van der Waals surface area contributed by atoms with Gasteiger partial charge in [0.25, 0.3) is 5.91 Å². The maximum absolute atomic E-state index is 12.7. The number of hydrogen-bond acceptors (Lipinski definition) is 5. The van der Waals surface area contributed by atoms with Crippen LogP contribution in [0.2, 0.25) is 5.02 Å². The molecule has 1 amide bonds. The maximum Gasteiger partial charge on any atom is 0.255 e. The fourth-order valence-corrected chi connectivity index (χ4v) is 3.21. The summed E-state index contributed by atoms with van der Waals surface area (Å²) in [6.07, 6.45) is 0. The van der Waals surface area contributed by atoms with E-state index in [4.69, 9.17) is 16.1 Å². The van der Waals surface area contributed by atoms with Gasteiger partial charge in [-0.05, 0) is 50.2 Å². The molecule has 0 aliphatic carbocycles. The van der Waals surface area contributed by atoms with Crippen LogP contribution >= 0.6 is 11.6 Å². The number of nitrogens with one attached hydrogen (secondary N) is 1. The molecule has 8 heteroatoms. The zero-order valence-corrected chi connectivity index (χ0v) is 16.6. The number of rotatable bonds is 5. The summed E-state index contributed by atoms with van der Waals surface area (Å²) in [6.45, 7) is 3.80. The minimum atomic E-state index is -0.242. The van der Waals surface area contributed by atoms with Gasteiger partial charge in [0.1, 0.15) is 0 Å². The fourth-order valence-electron chi connectivity index (χ4n) is 3.08. The lowest BCUT2D eigenvalue weighted by atomic mass is 10.2. The number of amides is 1. The first-order valence-electron chi connectivity index (χ1n) is 9.01. The van der Waals surface area contributed by atoms with Gasteiger partial charge in [0.2, 0.25) is 11.7 Å². The number of para-hydroxylation sites is 1. The molecule has 4 rings (SSSR count). The molecule has 4 aromatic rings. The molecule has 0 aliphatic rings. The molecule has 0 unspecified atom stereocenters. The van der Waals surface area contributed by atoms with Crippen molar-refractivity contribution in [2.24, 2.45) is 0 Å². The highest BCUT2D eigenvalue weighted by molar-refractivity contribution is 6.30. The molecule has 1 N–H and O–H groups in total. The Balaban J connectivity index is 1.48. The van der Waals surface area contributed by atoms with Gasteiger partial charge >= 0.3 is 0 Å². The van der Waals surface area contributed by atoms with Crippen molar-refractivity contribution in [1.29, 1.82) is 0 Å². The lowest BCUT2D eigenvalue weighted by molar-refractivity contribution is 0.0945. The molecule has 0 spiro atoms. The summed E-state index contributed by atoms with van der Waals surface area (Å²) >= 11 is 5.89. The van der Waals surface area contributed by atoms with Gasteiger partial charge in [-0.25, -0.2) is 4.68 Å². The van der Waals surface area contributed by atoms with E-state index in [-0.39, 0.29) is 12.5 Å². The normalized spacial score (nSPS) is 10.9. The molecule has 0 fully saturated rings. The number of halogens is 1. The first kappa shape index (κ1) is 18.9. The molecule has 29 heavy (non-hydrogen) atoms. The SMILES string of the molecule is Cc1nn(-c2ccccc2)c(C)c1C(=O)NCc1nc(-c2ccc(Cl)cc2)no1. The summed E-state index contributed by atoms with van der Waals surface area (Å²) in [7, 11) is 0. The molecule has 2 aromatic heterocycles. The first-order valence-corrected chi connectivity index (χ1v) is 9.39. The van der Waals surface area contributed by atoms with E-state index in [1.165, 1.54) is 0 Å². The van der Waals surface area contributed by atoms with E-state index in [1.54, 1.807) is 28.9 Å². The van der Waals surface area contributed by atoms with Gasteiger partial charge in [-0.15, -0.1) is 0 Å². The second-order valence-corrected chi connectivity index (χ2v) is 6.93. The fraction of sp³-hybridized carbons (Fsp3) is 0.143. The van der Waals surface area contributed by atoms with E-state index < -0.39 is 0 Å². The van der Waals surface area contributed by atoms with E-state index in [9.17, 15) is 4.79 Å². The molecule has 0 atom stereocenters. The molecular formula is C21H18ClN5O2. The van der Waals surface area contributed by atoms with Crippen LogP contribution in [0.1, 0.15) is 27.6 Å². The van der Waals surface area contributed by atoms with Crippen LogP contribution in [0.15, 0.2) is 59.1 Å². The van der Waals surface area contributed by atoms with Crippen molar-refractivity contribution in [3.05, 3.63) is 82.5 Å². The summed E-state index contributed by atoms with van der Waals surface area (Å²) in [5.41, 5.74) is 3.63. The lowest BCUT2D eigenvalue weighted by Crippen LogP contribution is -2.24. The minimum absolute atomic E-state index is 0.120. The molecule has 0 radical (unpaired) electrons. The predicted molar refractivity (Wildman–Crippen MR) is 109 cm³/mol. The monoisotopic (exact) mass is 407 g/mol. The Hall–Kier alpha value is -3.45. The summed E-state index contributed by atoms with van der Waals surface area (Å²) in [6, 6.07) is 16.8. The zero-order chi connectivity index (χ0) is 20.4. The number of hydrogen-bond donors (Lipinski definition) is 1. The Morgan fingerprint density at radius 1 is 1.10 bits per heavy atom. The van der Waals surface area contributed by atoms with E-state index in [1.807, 2.05) is 44.2 Å². The topological polar surface area (TPSA) is 85.8 Å². The predicted octanol–water partition coefficient (Wildman–Crippen LogP) is 4.12. The van der Waals surface area contributed by atoms with E-state index >= 15 is 0 Å². The van der Waals surface area contributed by atoms with Crippen molar-refractivity contribution in [2.45, 2.75) is 20.4 Å². The number of benzene rings is 2. The average molecular weight is 408 g/mol. The Labute approximate surface area is 172 Å². The van der Waals surface area contributed by atoms with Gasteiger partial charge in [0.15, 0.2) is 0 Å². The van der Waals surface area contributed by atoms with Crippen LogP contribution in [0.5, 0.6) is 0 Å². The third-order valence-corrected chi connectivity index (χ3v) is 4.74. The smallest absolute Gasteiger partial charge is 0.255 e. The van der Waals surface area contributed by atoms with Crippen molar-refractivity contribution < 1.29 is 9.32 Å². The minimum Gasteiger partial charge on any atom is -0.343 e. The van der Waals surface area contributed by atoms with Crippen LogP contribution in [0.3, 0.4) is 0 Å². The number of nitrogens with zero attached hydrogens (tertiary/aromatic N) is 4. The van der Waals surface area contributed by atoms with Crippen molar-refractivity contribution >= 4 is 17.5 Å². The third kappa shape index (κ3) is 3.90. The standard InChI is InChI=1S/C21H18ClN5O2/c1-13-19(14(2)27(25-13)17-6-4-3-5-7-17)21(28)23-12-18-24-20(26-29-18)15-8-10-16(22)11-9-15/h3-11H,12H2,1-2H3,(H,23,28). The van der Waals surface area contributed by atoms with Gasteiger partial charge < -0.3 is 9.84 Å². The highest BCUT2D eigenvalue weighted by atomic mass is 35.5. The highest BCUT2D eigenvalue weighted by Gasteiger charge is 2.20. The summed E-state index contributed by atoms with van der Waals surface area (Å²) in [5.74, 6) is 0.512. The second-order valence-electron chi connectivity index (χ2n) is 6.49. The molecule has 0 saturated carbocycles. The van der Waals surface area contributed by atoms with Crippen LogP contribution in [-0.2, 0) is 6.54 Å². The van der Waals surface area contributed by atoms with Gasteiger partial charge in [-0.3, -0.25) is 4.79 Å². The maximum atomic E-state index is 12.7. The van der Waals surface area contributed by atoms with Crippen LogP contribution in [0, 0.1) is 13.8 Å². The number of carbonyl (C=O) groups excluding carboxylic acids is 1. The molecule has 146 valence electrons. The van der Waals surface area contributed by atoms with Crippen molar-refractivity contribution in [3.63, 3.8) is 0 Å². The molecule has 0 saturated heterocycles. The molecule has 2 heterocycles. The lowest BCUT2D eigenvalue weighted by Gasteiger charge is -2.05. The number of aromatic nitrogens is 4. The largest absolute Gasteiger partial charge is 0.343 e. The van der Waals surface area contributed by atoms with E-state index in [0.29, 0.717) is 28.0 Å². The van der Waals surface area contributed by atoms with Crippen LogP contribution in [0.4, 0.5) is 0 Å². The summed E-state index contributed by atoms with van der Waals surface area (Å²) < 4.78 is 7.00. The average Bonchev–Trinajstić information content (AvgIpc) is 3.32. The highest BCUT2D eigenvalue weighted by Crippen LogP contribution is 2.20. The quantitative estimate of drug-likeness (QED) is 0.537. The van der Waals surface area contributed by atoms with Crippen molar-refractivity contribution in [2.75, 3.05) is 0 Å². The summed E-state index contributed by atoms with van der Waals surface area (Å²) in [5, 5.41) is 11.9. The molecule has 0 aliphatic heterocycles. The van der Waals surface area contributed by atoms with Gasteiger partial charge in [0.05, 0.1) is 29.2 Å². The van der Waals surface area contributed by atoms with Crippen LogP contribution in [0.25, 0.3) is 17.1 Å². The number of aryl methyl sites for hydroxylation is 1. The zero-order valence-electron chi connectivity index (χ0n) is 15.9. The number of carbonyl (C=O) groups is 1. The van der Waals surface area contributed by atoms with Gasteiger partial charge in [-0.1, -0.05) is 35.0 Å². The summed E-state index contributed by atoms with van der Waals surface area (Å²) in [4.78, 5) is 17.1. The Morgan fingerprint density at radius 3 is 2.55 bits per heavy atom. The van der Waals surface area contributed by atoms with Crippen molar-refractivity contribution in [1.82, 2.24) is 25.2 Å².